The summed E-state index contributed by atoms with van der Waals surface area (Å²) in [5.41, 5.74) is 2.75. The lowest BCUT2D eigenvalue weighted by molar-refractivity contribution is 0.685. The summed E-state index contributed by atoms with van der Waals surface area (Å²) in [6.45, 7) is 5.26. The monoisotopic (exact) mass is 305 g/mol. The fourth-order valence-electron chi connectivity index (χ4n) is 2.00. The Morgan fingerprint density at radius 3 is 2.90 bits per heavy atom. The molecule has 1 saturated carbocycles. The molecule has 1 aromatic heterocycles. The van der Waals surface area contributed by atoms with Gasteiger partial charge in [0.25, 0.3) is 0 Å². The van der Waals surface area contributed by atoms with Crippen molar-refractivity contribution >= 4 is 23.3 Å². The Hall–Kier alpha value is -0.910. The third-order valence-electron chi connectivity index (χ3n) is 3.44. The zero-order chi connectivity index (χ0) is 13.9. The van der Waals surface area contributed by atoms with E-state index < -0.39 is 0 Å². The lowest BCUT2D eigenvalue weighted by Crippen LogP contribution is -2.15. The van der Waals surface area contributed by atoms with Crippen LogP contribution in [0.3, 0.4) is 0 Å². The van der Waals surface area contributed by atoms with Crippen LogP contribution in [0.2, 0.25) is 0 Å². The van der Waals surface area contributed by atoms with Gasteiger partial charge in [-0.15, -0.1) is 0 Å². The Morgan fingerprint density at radius 2 is 2.25 bits per heavy atom. The first-order valence-electron chi connectivity index (χ1n) is 7.08. The summed E-state index contributed by atoms with van der Waals surface area (Å²) >= 11 is 3.20. The zero-order valence-corrected chi connectivity index (χ0v) is 13.5. The van der Waals surface area contributed by atoms with Crippen LogP contribution in [0.4, 0.5) is 0 Å². The Bertz CT molecular complexity index is 591. The molecular weight excluding hydrogens is 286 g/mol. The topological polar surface area (TPSA) is 37.8 Å². The minimum Gasteiger partial charge on any atom is -0.310 e. The van der Waals surface area contributed by atoms with Gasteiger partial charge in [-0.25, -0.2) is 4.98 Å². The largest absolute Gasteiger partial charge is 0.310 e. The summed E-state index contributed by atoms with van der Waals surface area (Å²) in [4.78, 5) is 5.75. The van der Waals surface area contributed by atoms with Gasteiger partial charge in [0.05, 0.1) is 0 Å². The van der Waals surface area contributed by atoms with Gasteiger partial charge >= 0.3 is 0 Å². The van der Waals surface area contributed by atoms with Gasteiger partial charge in [-0.3, -0.25) is 0 Å². The minimum absolute atomic E-state index is 0.761. The number of rotatable bonds is 6. The van der Waals surface area contributed by atoms with Gasteiger partial charge in [-0.2, -0.15) is 4.37 Å². The van der Waals surface area contributed by atoms with Crippen LogP contribution in [0.1, 0.15) is 36.7 Å². The first-order valence-corrected chi connectivity index (χ1v) is 8.67. The van der Waals surface area contributed by atoms with E-state index in [9.17, 15) is 0 Å². The van der Waals surface area contributed by atoms with Crippen LogP contribution in [0.15, 0.2) is 27.4 Å². The standard InChI is InChI=1S/C15H19N3S2/c1-3-14-17-15(20-18-14)19-13-7-4-11(10(2)8-13)9-16-12-5-6-12/h4,7-8,12,16H,3,5-6,9H2,1-2H3. The molecule has 1 aromatic carbocycles. The highest BCUT2D eigenvalue weighted by Gasteiger charge is 2.20. The van der Waals surface area contributed by atoms with E-state index in [2.05, 4.69) is 46.7 Å². The van der Waals surface area contributed by atoms with Gasteiger partial charge in [0.1, 0.15) is 5.82 Å². The van der Waals surface area contributed by atoms with Crippen LogP contribution >= 0.6 is 23.3 Å². The fourth-order valence-corrected chi connectivity index (χ4v) is 3.77. The fraction of sp³-hybridized carbons (Fsp3) is 0.467. The van der Waals surface area contributed by atoms with E-state index in [1.807, 2.05) is 0 Å². The molecule has 3 rings (SSSR count). The molecule has 20 heavy (non-hydrogen) atoms. The van der Waals surface area contributed by atoms with Crippen molar-refractivity contribution in [1.29, 1.82) is 0 Å². The predicted octanol–water partition coefficient (Wildman–Crippen LogP) is 3.81. The van der Waals surface area contributed by atoms with E-state index in [1.54, 1.807) is 11.8 Å². The number of aryl methyl sites for hydroxylation is 2. The van der Waals surface area contributed by atoms with Gasteiger partial charge in [0.15, 0.2) is 4.34 Å². The van der Waals surface area contributed by atoms with Crippen molar-refractivity contribution in [1.82, 2.24) is 14.7 Å². The van der Waals surface area contributed by atoms with Crippen molar-refractivity contribution in [2.45, 2.75) is 54.9 Å². The highest BCUT2D eigenvalue weighted by molar-refractivity contribution is 8.01. The number of nitrogens with one attached hydrogen (secondary N) is 1. The molecule has 1 N–H and O–H groups in total. The summed E-state index contributed by atoms with van der Waals surface area (Å²) in [5.74, 6) is 0.944. The molecule has 3 nitrogen and oxygen atoms in total. The maximum Gasteiger partial charge on any atom is 0.174 e. The second-order valence-corrected chi connectivity index (χ2v) is 7.25. The molecule has 2 aromatic rings. The minimum atomic E-state index is 0.761. The molecule has 0 spiro atoms. The van der Waals surface area contributed by atoms with E-state index in [-0.39, 0.29) is 0 Å². The van der Waals surface area contributed by atoms with Crippen molar-refractivity contribution in [3.05, 3.63) is 35.2 Å². The Morgan fingerprint density at radius 1 is 1.40 bits per heavy atom. The Balaban J connectivity index is 1.65. The molecular formula is C15H19N3S2. The van der Waals surface area contributed by atoms with Gasteiger partial charge in [0.2, 0.25) is 0 Å². The maximum atomic E-state index is 4.50. The number of aromatic nitrogens is 2. The molecule has 0 atom stereocenters. The SMILES string of the molecule is CCc1nsc(Sc2ccc(CNC3CC3)c(C)c2)n1. The van der Waals surface area contributed by atoms with Crippen LogP contribution in [0.25, 0.3) is 0 Å². The van der Waals surface area contributed by atoms with Crippen LogP contribution in [-0.4, -0.2) is 15.4 Å². The number of nitrogens with zero attached hydrogens (tertiary/aromatic N) is 2. The van der Waals surface area contributed by atoms with E-state index in [0.717, 1.165) is 29.2 Å². The van der Waals surface area contributed by atoms with Gasteiger partial charge in [-0.1, -0.05) is 24.8 Å². The van der Waals surface area contributed by atoms with Gasteiger partial charge in [-0.05, 0) is 54.6 Å². The van der Waals surface area contributed by atoms with Gasteiger partial charge < -0.3 is 5.32 Å². The Kier molecular flexibility index (Phi) is 4.38. The zero-order valence-electron chi connectivity index (χ0n) is 11.8. The van der Waals surface area contributed by atoms with E-state index in [1.165, 1.54) is 40.4 Å². The summed E-state index contributed by atoms with van der Waals surface area (Å²) in [6.07, 6.45) is 3.58. The van der Waals surface area contributed by atoms with E-state index >= 15 is 0 Å². The molecule has 0 amide bonds. The van der Waals surface area contributed by atoms with Crippen molar-refractivity contribution in [3.63, 3.8) is 0 Å². The van der Waals surface area contributed by atoms with Gasteiger partial charge in [0, 0.05) is 23.9 Å². The maximum absolute atomic E-state index is 4.50. The van der Waals surface area contributed by atoms with Crippen molar-refractivity contribution in [2.24, 2.45) is 0 Å². The smallest absolute Gasteiger partial charge is 0.174 e. The molecule has 106 valence electrons. The molecule has 0 unspecified atom stereocenters. The highest BCUT2D eigenvalue weighted by Crippen LogP contribution is 2.30. The van der Waals surface area contributed by atoms with Crippen LogP contribution in [0, 0.1) is 6.92 Å². The number of hydrogen-bond donors (Lipinski definition) is 1. The van der Waals surface area contributed by atoms with Crippen LogP contribution in [-0.2, 0) is 13.0 Å². The molecule has 0 radical (unpaired) electrons. The predicted molar refractivity (Wildman–Crippen MR) is 84.5 cm³/mol. The van der Waals surface area contributed by atoms with Crippen molar-refractivity contribution in [2.75, 3.05) is 0 Å². The van der Waals surface area contributed by atoms with Crippen molar-refractivity contribution in [3.8, 4) is 0 Å². The van der Waals surface area contributed by atoms with E-state index in [4.69, 9.17) is 0 Å². The van der Waals surface area contributed by atoms with Crippen LogP contribution < -0.4 is 5.32 Å². The van der Waals surface area contributed by atoms with Crippen molar-refractivity contribution < 1.29 is 0 Å². The number of hydrogen-bond acceptors (Lipinski definition) is 5. The van der Waals surface area contributed by atoms with E-state index in [0.29, 0.717) is 0 Å². The quantitative estimate of drug-likeness (QED) is 0.880. The molecule has 0 saturated heterocycles. The summed E-state index contributed by atoms with van der Waals surface area (Å²) in [5, 5.41) is 3.57. The second-order valence-electron chi connectivity index (χ2n) is 5.18. The Labute approximate surface area is 128 Å². The molecule has 0 aliphatic heterocycles. The summed E-state index contributed by atoms with van der Waals surface area (Å²) in [6, 6.07) is 7.43. The second kappa shape index (κ2) is 6.24. The average Bonchev–Trinajstić information content (AvgIpc) is 3.16. The number of benzene rings is 1. The summed E-state index contributed by atoms with van der Waals surface area (Å²) in [7, 11) is 0. The molecule has 1 aliphatic rings. The first-order chi connectivity index (χ1) is 9.74. The lowest BCUT2D eigenvalue weighted by Gasteiger charge is -2.08. The third-order valence-corrected chi connectivity index (χ3v) is 5.22. The summed E-state index contributed by atoms with van der Waals surface area (Å²) < 4.78 is 5.36. The molecule has 0 bridgehead atoms. The molecule has 1 aliphatic carbocycles. The average molecular weight is 305 g/mol. The molecule has 1 fully saturated rings. The third kappa shape index (κ3) is 3.59. The first kappa shape index (κ1) is 14.0. The normalized spacial score (nSPS) is 14.7. The van der Waals surface area contributed by atoms with Crippen LogP contribution in [0.5, 0.6) is 0 Å². The molecule has 1 heterocycles. The molecule has 5 heteroatoms. The lowest BCUT2D eigenvalue weighted by atomic mass is 10.1. The highest BCUT2D eigenvalue weighted by atomic mass is 32.2.